The van der Waals surface area contributed by atoms with Crippen LogP contribution in [0.1, 0.15) is 11.7 Å². The Hall–Kier alpha value is -2.70. The molecule has 0 unspecified atom stereocenters. The lowest BCUT2D eigenvalue weighted by Crippen LogP contribution is -2.44. The lowest BCUT2D eigenvalue weighted by molar-refractivity contribution is -0.139. The maximum atomic E-state index is 12.9. The summed E-state index contributed by atoms with van der Waals surface area (Å²) in [5.74, 6) is -0.115. The van der Waals surface area contributed by atoms with Crippen LogP contribution >= 0.6 is 11.6 Å². The van der Waals surface area contributed by atoms with Crippen LogP contribution in [0.5, 0.6) is 0 Å². The number of hydrogen-bond acceptors (Lipinski definition) is 4. The normalized spacial score (nSPS) is 17.2. The number of ether oxygens (including phenoxy) is 1. The highest BCUT2D eigenvalue weighted by atomic mass is 35.5. The van der Waals surface area contributed by atoms with E-state index in [0.29, 0.717) is 35.8 Å². The lowest BCUT2D eigenvalue weighted by atomic mass is 10.1. The number of rotatable bonds is 3. The summed E-state index contributed by atoms with van der Waals surface area (Å²) < 4.78 is 7.28. The molecule has 1 aromatic heterocycles. The average molecular weight is 384 g/mol. The van der Waals surface area contributed by atoms with E-state index in [4.69, 9.17) is 16.3 Å². The molecule has 0 N–H and O–H groups in total. The van der Waals surface area contributed by atoms with Crippen LogP contribution in [0.3, 0.4) is 0 Å². The summed E-state index contributed by atoms with van der Waals surface area (Å²) in [5, 5.41) is 0.659. The number of nitrogens with zero attached hydrogens (tertiary/aromatic N) is 3. The maximum Gasteiger partial charge on any atom is 0.269 e. The molecule has 1 atom stereocenters. The zero-order valence-electron chi connectivity index (χ0n) is 14.5. The van der Waals surface area contributed by atoms with Crippen molar-refractivity contribution in [3.63, 3.8) is 0 Å². The van der Waals surface area contributed by atoms with Gasteiger partial charge in [0.2, 0.25) is 5.91 Å². The smallest absolute Gasteiger partial charge is 0.269 e. The van der Waals surface area contributed by atoms with E-state index in [2.05, 4.69) is 4.98 Å². The highest BCUT2D eigenvalue weighted by Crippen LogP contribution is 2.24. The van der Waals surface area contributed by atoms with Gasteiger partial charge < -0.3 is 9.64 Å². The van der Waals surface area contributed by atoms with Crippen LogP contribution in [0.25, 0.3) is 11.0 Å². The van der Waals surface area contributed by atoms with Crippen LogP contribution < -0.4 is 5.56 Å². The number of para-hydroxylation sites is 2. The summed E-state index contributed by atoms with van der Waals surface area (Å²) in [6.45, 7) is 1.37. The Labute approximate surface area is 161 Å². The van der Waals surface area contributed by atoms with E-state index < -0.39 is 0 Å². The highest BCUT2D eigenvalue weighted by molar-refractivity contribution is 6.30. The standard InChI is InChI=1S/C20H18ClN3O3/c21-15-7-5-14(6-8-15)18-12-23(9-10-27-18)20(26)13-24-17-4-2-1-3-16(17)22-11-19(24)25/h1-8,11,18H,9-10,12-13H2/t18-/m1/s1. The Balaban J connectivity index is 1.54. The molecule has 2 aromatic carbocycles. The van der Waals surface area contributed by atoms with Gasteiger partial charge in [0.15, 0.2) is 0 Å². The van der Waals surface area contributed by atoms with Gasteiger partial charge in [0.1, 0.15) is 12.6 Å². The molecule has 0 spiro atoms. The second-order valence-electron chi connectivity index (χ2n) is 6.42. The van der Waals surface area contributed by atoms with Gasteiger partial charge in [-0.1, -0.05) is 35.9 Å². The van der Waals surface area contributed by atoms with Crippen LogP contribution in [0.15, 0.2) is 59.5 Å². The van der Waals surface area contributed by atoms with Gasteiger partial charge >= 0.3 is 0 Å². The summed E-state index contributed by atoms with van der Waals surface area (Å²) in [6.07, 6.45) is 1.05. The number of aromatic nitrogens is 2. The monoisotopic (exact) mass is 383 g/mol. The van der Waals surface area contributed by atoms with Crippen molar-refractivity contribution in [2.75, 3.05) is 19.7 Å². The quantitative estimate of drug-likeness (QED) is 0.697. The molecule has 27 heavy (non-hydrogen) atoms. The molecule has 1 fully saturated rings. The molecule has 3 aromatic rings. The van der Waals surface area contributed by atoms with E-state index in [1.807, 2.05) is 42.5 Å². The fourth-order valence-electron chi connectivity index (χ4n) is 3.27. The number of hydrogen-bond donors (Lipinski definition) is 0. The number of carbonyl (C=O) groups is 1. The number of morpholine rings is 1. The van der Waals surface area contributed by atoms with Crippen molar-refractivity contribution in [1.29, 1.82) is 0 Å². The number of amides is 1. The first-order chi connectivity index (χ1) is 13.1. The minimum atomic E-state index is -0.287. The highest BCUT2D eigenvalue weighted by Gasteiger charge is 2.26. The summed E-state index contributed by atoms with van der Waals surface area (Å²) in [4.78, 5) is 31.0. The van der Waals surface area contributed by atoms with Crippen LogP contribution in [0, 0.1) is 0 Å². The van der Waals surface area contributed by atoms with Crippen molar-refractivity contribution in [3.05, 3.63) is 75.7 Å². The molecule has 1 saturated heterocycles. The molecule has 2 heterocycles. The van der Waals surface area contributed by atoms with E-state index in [1.54, 1.807) is 11.0 Å². The molecule has 0 saturated carbocycles. The molecule has 0 radical (unpaired) electrons. The molecule has 6 nitrogen and oxygen atoms in total. The first kappa shape index (κ1) is 17.7. The number of carbonyl (C=O) groups excluding carboxylic acids is 1. The predicted octanol–water partition coefficient (Wildman–Crippen LogP) is 2.65. The molecule has 0 bridgehead atoms. The summed E-state index contributed by atoms with van der Waals surface area (Å²) in [5.41, 5.74) is 2.03. The van der Waals surface area contributed by atoms with Gasteiger partial charge in [-0.3, -0.25) is 14.2 Å². The minimum absolute atomic E-state index is 0.0186. The van der Waals surface area contributed by atoms with Crippen molar-refractivity contribution >= 4 is 28.5 Å². The molecule has 1 aliphatic rings. The first-order valence-electron chi connectivity index (χ1n) is 8.71. The fraction of sp³-hybridized carbons (Fsp3) is 0.250. The van der Waals surface area contributed by atoms with Crippen LogP contribution in [-0.4, -0.2) is 40.1 Å². The second-order valence-corrected chi connectivity index (χ2v) is 6.86. The van der Waals surface area contributed by atoms with Gasteiger partial charge in [0.25, 0.3) is 5.56 Å². The predicted molar refractivity (Wildman–Crippen MR) is 103 cm³/mol. The van der Waals surface area contributed by atoms with Gasteiger partial charge in [-0.05, 0) is 29.8 Å². The van der Waals surface area contributed by atoms with E-state index in [1.165, 1.54) is 10.8 Å². The number of benzene rings is 2. The fourth-order valence-corrected chi connectivity index (χ4v) is 3.39. The van der Waals surface area contributed by atoms with Gasteiger partial charge in [-0.25, -0.2) is 4.98 Å². The third-order valence-corrected chi connectivity index (χ3v) is 4.96. The zero-order valence-corrected chi connectivity index (χ0v) is 15.3. The van der Waals surface area contributed by atoms with E-state index >= 15 is 0 Å². The van der Waals surface area contributed by atoms with Crippen molar-refractivity contribution in [2.45, 2.75) is 12.6 Å². The molecule has 1 aliphatic heterocycles. The molecule has 0 aliphatic carbocycles. The van der Waals surface area contributed by atoms with E-state index in [-0.39, 0.29) is 24.1 Å². The van der Waals surface area contributed by atoms with Crippen LogP contribution in [0.4, 0.5) is 0 Å². The largest absolute Gasteiger partial charge is 0.370 e. The van der Waals surface area contributed by atoms with Crippen LogP contribution in [0.2, 0.25) is 5.02 Å². The van der Waals surface area contributed by atoms with Crippen molar-refractivity contribution in [1.82, 2.24) is 14.5 Å². The third-order valence-electron chi connectivity index (χ3n) is 4.71. The third kappa shape index (κ3) is 3.72. The molecule has 4 rings (SSSR count). The summed E-state index contributed by atoms with van der Waals surface area (Å²) >= 11 is 5.94. The Morgan fingerprint density at radius 1 is 1.19 bits per heavy atom. The maximum absolute atomic E-state index is 12.9. The van der Waals surface area contributed by atoms with Crippen LogP contribution in [-0.2, 0) is 16.1 Å². The molecular weight excluding hydrogens is 366 g/mol. The summed E-state index contributed by atoms with van der Waals surface area (Å²) in [6, 6.07) is 14.7. The van der Waals surface area contributed by atoms with E-state index in [0.717, 1.165) is 5.56 Å². The van der Waals surface area contributed by atoms with Gasteiger partial charge in [0, 0.05) is 11.6 Å². The molecule has 1 amide bonds. The molecule has 138 valence electrons. The Morgan fingerprint density at radius 2 is 1.96 bits per heavy atom. The SMILES string of the molecule is O=C(Cn1c(=O)cnc2ccccc21)N1CCO[C@@H](c2ccc(Cl)cc2)C1. The Morgan fingerprint density at radius 3 is 2.78 bits per heavy atom. The average Bonchev–Trinajstić information content (AvgIpc) is 2.71. The van der Waals surface area contributed by atoms with Gasteiger partial charge in [0.05, 0.1) is 30.4 Å². The lowest BCUT2D eigenvalue weighted by Gasteiger charge is -2.33. The van der Waals surface area contributed by atoms with Crippen molar-refractivity contribution < 1.29 is 9.53 Å². The van der Waals surface area contributed by atoms with Gasteiger partial charge in [-0.2, -0.15) is 0 Å². The number of fused-ring (bicyclic) bond motifs is 1. The second kappa shape index (κ2) is 7.50. The minimum Gasteiger partial charge on any atom is -0.370 e. The Kier molecular flexibility index (Phi) is 4.92. The zero-order chi connectivity index (χ0) is 18.8. The number of halogens is 1. The van der Waals surface area contributed by atoms with Crippen molar-refractivity contribution in [3.8, 4) is 0 Å². The topological polar surface area (TPSA) is 64.4 Å². The van der Waals surface area contributed by atoms with Gasteiger partial charge in [-0.15, -0.1) is 0 Å². The van der Waals surface area contributed by atoms with E-state index in [9.17, 15) is 9.59 Å². The Bertz CT molecular complexity index is 1030. The van der Waals surface area contributed by atoms with Crippen molar-refractivity contribution in [2.24, 2.45) is 0 Å². The molecular formula is C20H18ClN3O3. The summed E-state index contributed by atoms with van der Waals surface area (Å²) in [7, 11) is 0. The first-order valence-corrected chi connectivity index (χ1v) is 9.09. The molecule has 7 heteroatoms.